The van der Waals surface area contributed by atoms with E-state index in [1.807, 2.05) is 14.1 Å². The van der Waals surface area contributed by atoms with Crippen LogP contribution >= 0.6 is 0 Å². The van der Waals surface area contributed by atoms with Crippen molar-refractivity contribution in [3.63, 3.8) is 0 Å². The normalized spacial score (nSPS) is 17.6. The van der Waals surface area contributed by atoms with Gasteiger partial charge in [0.25, 0.3) is 0 Å². The van der Waals surface area contributed by atoms with E-state index < -0.39 is 11.9 Å². The number of nitrogens with zero attached hydrogens (tertiary/aromatic N) is 4. The second-order valence-electron chi connectivity index (χ2n) is 18.0. The quantitative estimate of drug-likeness (QED) is 0.0796. The van der Waals surface area contributed by atoms with Crippen LogP contribution in [0.4, 0.5) is 49.9 Å². The minimum atomic E-state index is -0.732. The van der Waals surface area contributed by atoms with Crippen molar-refractivity contribution in [1.82, 2.24) is 20.4 Å². The molecule has 0 saturated carbocycles. The van der Waals surface area contributed by atoms with Crippen LogP contribution in [0.1, 0.15) is 73.1 Å². The molecule has 0 aromatic heterocycles. The van der Waals surface area contributed by atoms with Crippen LogP contribution in [0.3, 0.4) is 0 Å². The Balaban J connectivity index is 0.000000296. The number of rotatable bonds is 12. The van der Waals surface area contributed by atoms with E-state index in [4.69, 9.17) is 9.47 Å². The van der Waals surface area contributed by atoms with Gasteiger partial charge in [0.1, 0.15) is 23.3 Å². The van der Waals surface area contributed by atoms with Gasteiger partial charge in [-0.3, -0.25) is 4.79 Å². The van der Waals surface area contributed by atoms with E-state index in [9.17, 15) is 37.1 Å². The monoisotopic (exact) mass is 981 g/mol. The molecule has 4 amide bonds. The van der Waals surface area contributed by atoms with Crippen molar-refractivity contribution in [3.05, 3.63) is 118 Å². The molecule has 371 valence electrons. The van der Waals surface area contributed by atoms with Gasteiger partial charge in [0.05, 0.1) is 24.9 Å². The third-order valence-electron chi connectivity index (χ3n) is 14.0. The Labute approximate surface area is 433 Å². The number of methoxy groups -OCH3 is 2. The zero-order chi connectivity index (χ0) is 48.6. The molecule has 8 rings (SSSR count). The topological polar surface area (TPSA) is 151 Å². The number of amides is 4. The molecule has 1 unspecified atom stereocenters. The van der Waals surface area contributed by atoms with E-state index in [0.29, 0.717) is 114 Å². The first-order valence-corrected chi connectivity index (χ1v) is 23.0. The number of fused-ring (bicyclic) bond motifs is 2. The maximum absolute atomic E-state index is 13.7. The summed E-state index contributed by atoms with van der Waals surface area (Å²) < 4.78 is 64.7. The molecule has 4 aliphatic rings. The fraction of sp³-hybridized carbons (Fsp3) is 0.460. The van der Waals surface area contributed by atoms with Gasteiger partial charge in [-0.25, -0.2) is 27.2 Å². The Hall–Kier alpha value is -5.05. The second-order valence-corrected chi connectivity index (χ2v) is 18.0. The standard InChI is InChI=1S/C25H32F2N4O3.C25H30F2N4O3.B.Na.H/c2*1-30-22-6-5-18(26)13-20(22)23(32)15-25(30)7-10-31(11-8-25)24(33)29-16-17-3-4-19(27)14-21(17)28-9-12-34-2;;;/h3-6,13-14,23,28,32H,7-12,15-16H2,1-2H3,(H,29,33);3-6,13-14,28H,7-12,15-16H2,1-2H3,(H,29,33);;;/q;;;+1;-1. The minimum absolute atomic E-state index is 0. The Morgan fingerprint density at radius 3 is 1.60 bits per heavy atom. The molecule has 0 bridgehead atoms. The summed E-state index contributed by atoms with van der Waals surface area (Å²) in [6.07, 6.45) is 2.75. The Morgan fingerprint density at radius 1 is 0.671 bits per heavy atom. The van der Waals surface area contributed by atoms with Gasteiger partial charge >= 0.3 is 41.6 Å². The van der Waals surface area contributed by atoms with Gasteiger partial charge in [-0.2, -0.15) is 0 Å². The smallest absolute Gasteiger partial charge is 1.00 e. The molecule has 20 heteroatoms. The van der Waals surface area contributed by atoms with Crippen molar-refractivity contribution in [2.45, 2.75) is 68.8 Å². The van der Waals surface area contributed by atoms with Crippen LogP contribution in [0.25, 0.3) is 0 Å². The zero-order valence-corrected chi connectivity index (χ0v) is 42.7. The number of carbonyl (C=O) groups is 3. The number of Topliss-reactive ketones (excluding diaryl/α,β-unsaturated/α-hetero) is 1. The predicted octanol–water partition coefficient (Wildman–Crippen LogP) is 4.17. The number of benzene rings is 4. The van der Waals surface area contributed by atoms with E-state index in [2.05, 4.69) is 31.1 Å². The van der Waals surface area contributed by atoms with E-state index in [-0.39, 0.29) is 98.9 Å². The first-order valence-electron chi connectivity index (χ1n) is 23.0. The molecular formula is C50H63BF4N8NaO6. The number of likely N-dealkylation sites (tertiary alicyclic amines) is 2. The number of piperidine rings is 2. The summed E-state index contributed by atoms with van der Waals surface area (Å²) in [7, 11) is 7.11. The summed E-state index contributed by atoms with van der Waals surface area (Å²) in [5.41, 5.74) is 4.76. The zero-order valence-electron chi connectivity index (χ0n) is 41.7. The number of carbonyl (C=O) groups excluding carboxylic acids is 3. The van der Waals surface area contributed by atoms with Crippen LogP contribution in [0.5, 0.6) is 0 Å². The van der Waals surface area contributed by atoms with Gasteiger partial charge in [-0.15, -0.1) is 0 Å². The fourth-order valence-corrected chi connectivity index (χ4v) is 9.93. The van der Waals surface area contributed by atoms with Crippen LogP contribution in [-0.2, 0) is 22.6 Å². The summed E-state index contributed by atoms with van der Waals surface area (Å²) in [5.74, 6) is -1.53. The van der Waals surface area contributed by atoms with Crippen LogP contribution in [0, 0.1) is 23.3 Å². The van der Waals surface area contributed by atoms with Gasteiger partial charge in [0, 0.05) is 141 Å². The molecular weight excluding hydrogens is 918 g/mol. The molecule has 2 spiro atoms. The number of ether oxygens (including phenoxy) is 2. The number of anilines is 4. The summed E-state index contributed by atoms with van der Waals surface area (Å²) in [6.45, 7) is 4.64. The SMILES string of the molecule is COCCNc1cc(F)ccc1CNC(=O)N1CCC2(CC1)CC(=O)c1cc(F)ccc1N2C.COCCNc1cc(F)ccc1CNC(=O)N1CCC2(CC1)CC(O)c1cc(F)ccc1N2C.[B].[H-].[Na+]. The average Bonchev–Trinajstić information content (AvgIpc) is 3.33. The third-order valence-corrected chi connectivity index (χ3v) is 14.0. The molecule has 4 aromatic rings. The summed E-state index contributed by atoms with van der Waals surface area (Å²) >= 11 is 0. The van der Waals surface area contributed by atoms with Crippen molar-refractivity contribution < 1.29 is 77.5 Å². The van der Waals surface area contributed by atoms with E-state index in [1.165, 1.54) is 48.5 Å². The van der Waals surface area contributed by atoms with E-state index in [0.717, 1.165) is 22.5 Å². The Kier molecular flexibility index (Phi) is 19.9. The van der Waals surface area contributed by atoms with Gasteiger partial charge in [0.2, 0.25) is 0 Å². The third kappa shape index (κ3) is 12.9. The van der Waals surface area contributed by atoms with Crippen LogP contribution in [-0.4, -0.2) is 133 Å². The molecule has 4 aliphatic heterocycles. The molecule has 3 radical (unpaired) electrons. The number of urea groups is 2. The van der Waals surface area contributed by atoms with Crippen molar-refractivity contribution in [1.29, 1.82) is 0 Å². The Bertz CT molecular complexity index is 2450. The number of nitrogens with one attached hydrogen (secondary N) is 4. The minimum Gasteiger partial charge on any atom is -1.00 e. The largest absolute Gasteiger partial charge is 1.00 e. The van der Waals surface area contributed by atoms with Gasteiger partial charge < -0.3 is 56.9 Å². The van der Waals surface area contributed by atoms with Gasteiger partial charge in [0.15, 0.2) is 5.78 Å². The molecule has 2 saturated heterocycles. The molecule has 2 fully saturated rings. The van der Waals surface area contributed by atoms with Crippen LogP contribution in [0.15, 0.2) is 72.8 Å². The maximum atomic E-state index is 13.7. The first-order chi connectivity index (χ1) is 32.7. The summed E-state index contributed by atoms with van der Waals surface area (Å²) in [6, 6.07) is 17.4. The fourth-order valence-electron chi connectivity index (χ4n) is 9.93. The molecule has 4 heterocycles. The predicted molar refractivity (Wildman–Crippen MR) is 260 cm³/mol. The molecule has 1 atom stereocenters. The number of hydrogen-bond donors (Lipinski definition) is 5. The van der Waals surface area contributed by atoms with Crippen molar-refractivity contribution in [3.8, 4) is 0 Å². The number of ketones is 1. The average molecular weight is 982 g/mol. The summed E-state index contributed by atoms with van der Waals surface area (Å²) in [5, 5.41) is 22.8. The number of hydrogen-bond acceptors (Lipinski definition) is 10. The first kappa shape index (κ1) is 55.9. The maximum Gasteiger partial charge on any atom is 1.00 e. The van der Waals surface area contributed by atoms with Gasteiger partial charge in [-0.05, 0) is 97.5 Å². The molecule has 0 aliphatic carbocycles. The van der Waals surface area contributed by atoms with Crippen LogP contribution < -0.4 is 60.6 Å². The summed E-state index contributed by atoms with van der Waals surface area (Å²) in [4.78, 5) is 46.2. The number of aliphatic hydroxyl groups is 1. The number of halogens is 4. The van der Waals surface area contributed by atoms with Crippen LogP contribution in [0.2, 0.25) is 0 Å². The van der Waals surface area contributed by atoms with Crippen molar-refractivity contribution in [2.24, 2.45) is 0 Å². The van der Waals surface area contributed by atoms with Crippen molar-refractivity contribution in [2.75, 3.05) is 101 Å². The molecule has 5 N–H and O–H groups in total. The van der Waals surface area contributed by atoms with Gasteiger partial charge in [-0.1, -0.05) is 12.1 Å². The number of aliphatic hydroxyl groups excluding tert-OH is 1. The van der Waals surface area contributed by atoms with Crippen molar-refractivity contribution >= 4 is 49.0 Å². The molecule has 70 heavy (non-hydrogen) atoms. The van der Waals surface area contributed by atoms with E-state index in [1.54, 1.807) is 48.3 Å². The second kappa shape index (κ2) is 24.9. The van der Waals surface area contributed by atoms with E-state index >= 15 is 0 Å². The Morgan fingerprint density at radius 2 is 1.10 bits per heavy atom. The molecule has 14 nitrogen and oxygen atoms in total. The molecule has 4 aromatic carbocycles.